The van der Waals surface area contributed by atoms with Crippen LogP contribution < -0.4 is 10.2 Å². The van der Waals surface area contributed by atoms with Crippen LogP contribution in [0.15, 0.2) is 54.6 Å². The maximum atomic E-state index is 13.1. The van der Waals surface area contributed by atoms with Crippen molar-refractivity contribution in [2.75, 3.05) is 37.1 Å². The van der Waals surface area contributed by atoms with Gasteiger partial charge in [0.15, 0.2) is 6.29 Å². The van der Waals surface area contributed by atoms with E-state index in [1.165, 1.54) is 18.1 Å². The normalized spacial score (nSPS) is 10.7. The number of nitriles is 1. The third kappa shape index (κ3) is 7.54. The van der Waals surface area contributed by atoms with E-state index in [-0.39, 0.29) is 12.6 Å². The van der Waals surface area contributed by atoms with Gasteiger partial charge in [-0.15, -0.1) is 0 Å². The summed E-state index contributed by atoms with van der Waals surface area (Å²) >= 11 is 0. The molecule has 0 atom stereocenters. The van der Waals surface area contributed by atoms with Crippen LogP contribution in [0.1, 0.15) is 25.0 Å². The molecule has 0 saturated carbocycles. The first-order valence-electron chi connectivity index (χ1n) is 10.2. The number of carbonyl (C=O) groups is 2. The molecule has 8 nitrogen and oxygen atoms in total. The first-order chi connectivity index (χ1) is 15.5. The van der Waals surface area contributed by atoms with E-state index in [0.29, 0.717) is 30.2 Å². The fraction of sp³-hybridized carbons (Fsp3) is 0.292. The second kappa shape index (κ2) is 12.9. The van der Waals surface area contributed by atoms with Gasteiger partial charge < -0.3 is 19.5 Å². The van der Waals surface area contributed by atoms with Gasteiger partial charge in [0.25, 0.3) is 0 Å². The first-order valence-corrected chi connectivity index (χ1v) is 10.2. The number of rotatable bonds is 10. The molecule has 0 aliphatic heterocycles. The Morgan fingerprint density at radius 2 is 1.69 bits per heavy atom. The van der Waals surface area contributed by atoms with Crippen molar-refractivity contribution in [2.45, 2.75) is 20.1 Å². The standard InChI is InChI=1S/C24H27N3O5/c1-4-31-23(32-5-2)17-27(24(29)26-20-11-6-19(16-25)7-12-20)21-13-8-18(9-14-21)10-15-22(28)30-3/h6-15,23H,4-5,17H2,1-3H3,(H,26,29)/b15-10+. The second-order valence-electron chi connectivity index (χ2n) is 6.52. The molecule has 2 amide bonds. The number of anilines is 2. The predicted octanol–water partition coefficient (Wildman–Crippen LogP) is 4.18. The zero-order valence-corrected chi connectivity index (χ0v) is 18.4. The van der Waals surface area contributed by atoms with Gasteiger partial charge in [0.2, 0.25) is 0 Å². The Bertz CT molecular complexity index is 943. The number of benzene rings is 2. The van der Waals surface area contributed by atoms with Crippen LogP contribution in [0.4, 0.5) is 16.2 Å². The number of amides is 2. The molecule has 0 fully saturated rings. The van der Waals surface area contributed by atoms with Crippen LogP contribution in [0.2, 0.25) is 0 Å². The van der Waals surface area contributed by atoms with E-state index in [2.05, 4.69) is 10.1 Å². The Balaban J connectivity index is 2.26. The predicted molar refractivity (Wildman–Crippen MR) is 122 cm³/mol. The third-order valence-electron chi connectivity index (χ3n) is 4.36. The Morgan fingerprint density at radius 3 is 2.22 bits per heavy atom. The minimum absolute atomic E-state index is 0.168. The molecule has 0 radical (unpaired) electrons. The van der Waals surface area contributed by atoms with Crippen molar-refractivity contribution in [1.82, 2.24) is 0 Å². The number of ether oxygens (including phenoxy) is 3. The lowest BCUT2D eigenvalue weighted by Crippen LogP contribution is -2.42. The molecular formula is C24H27N3O5. The summed E-state index contributed by atoms with van der Waals surface area (Å²) < 4.78 is 15.8. The first kappa shape index (κ1) is 24.6. The largest absolute Gasteiger partial charge is 0.466 e. The third-order valence-corrected chi connectivity index (χ3v) is 4.36. The molecule has 0 aromatic heterocycles. The smallest absolute Gasteiger partial charge is 0.330 e. The number of urea groups is 1. The lowest BCUT2D eigenvalue weighted by Gasteiger charge is -2.28. The summed E-state index contributed by atoms with van der Waals surface area (Å²) in [5, 5.41) is 11.8. The Labute approximate surface area is 188 Å². The average Bonchev–Trinajstić information content (AvgIpc) is 2.82. The Hall–Kier alpha value is -3.67. The molecular weight excluding hydrogens is 410 g/mol. The van der Waals surface area contributed by atoms with Crippen molar-refractivity contribution in [1.29, 1.82) is 5.26 Å². The molecule has 8 heteroatoms. The molecule has 0 saturated heterocycles. The van der Waals surface area contributed by atoms with Crippen LogP contribution in [-0.2, 0) is 19.0 Å². The van der Waals surface area contributed by atoms with Crippen LogP contribution in [0, 0.1) is 11.3 Å². The van der Waals surface area contributed by atoms with Crippen molar-refractivity contribution >= 4 is 29.5 Å². The van der Waals surface area contributed by atoms with Crippen LogP contribution >= 0.6 is 0 Å². The maximum Gasteiger partial charge on any atom is 0.330 e. The molecule has 1 N–H and O–H groups in total. The number of methoxy groups -OCH3 is 1. The van der Waals surface area contributed by atoms with Gasteiger partial charge in [0.1, 0.15) is 0 Å². The minimum atomic E-state index is -0.601. The highest BCUT2D eigenvalue weighted by atomic mass is 16.7. The number of nitrogens with one attached hydrogen (secondary N) is 1. The van der Waals surface area contributed by atoms with Crippen molar-refractivity contribution < 1.29 is 23.8 Å². The van der Waals surface area contributed by atoms with Crippen LogP contribution in [0.3, 0.4) is 0 Å². The lowest BCUT2D eigenvalue weighted by atomic mass is 10.2. The molecule has 2 aromatic carbocycles. The Morgan fingerprint density at radius 1 is 1.06 bits per heavy atom. The van der Waals surface area contributed by atoms with Gasteiger partial charge in [-0.2, -0.15) is 5.26 Å². The molecule has 0 unspecified atom stereocenters. The summed E-state index contributed by atoms with van der Waals surface area (Å²) in [7, 11) is 1.31. The van der Waals surface area contributed by atoms with Gasteiger partial charge in [-0.05, 0) is 61.9 Å². The zero-order valence-electron chi connectivity index (χ0n) is 18.4. The number of nitrogens with zero attached hydrogens (tertiary/aromatic N) is 2. The van der Waals surface area contributed by atoms with Crippen LogP contribution in [-0.4, -0.2) is 45.2 Å². The summed E-state index contributed by atoms with van der Waals surface area (Å²) in [5.74, 6) is -0.450. The van der Waals surface area contributed by atoms with Crippen molar-refractivity contribution in [3.8, 4) is 6.07 Å². The summed E-state index contributed by atoms with van der Waals surface area (Å²) in [5.41, 5.74) is 2.46. The number of carbonyl (C=O) groups excluding carboxylic acids is 2. The highest BCUT2D eigenvalue weighted by Gasteiger charge is 2.21. The van der Waals surface area contributed by atoms with Crippen LogP contribution in [0.5, 0.6) is 0 Å². The van der Waals surface area contributed by atoms with E-state index in [1.54, 1.807) is 54.6 Å². The minimum Gasteiger partial charge on any atom is -0.466 e. The van der Waals surface area contributed by atoms with Gasteiger partial charge in [-0.1, -0.05) is 12.1 Å². The van der Waals surface area contributed by atoms with Gasteiger partial charge in [0, 0.05) is 30.7 Å². The topological polar surface area (TPSA) is 101 Å². The van der Waals surface area contributed by atoms with E-state index in [1.807, 2.05) is 19.9 Å². The van der Waals surface area contributed by atoms with E-state index in [9.17, 15) is 9.59 Å². The molecule has 2 rings (SSSR count). The van der Waals surface area contributed by atoms with E-state index in [4.69, 9.17) is 14.7 Å². The van der Waals surface area contributed by atoms with Crippen LogP contribution in [0.25, 0.3) is 6.08 Å². The number of esters is 1. The van der Waals surface area contributed by atoms with E-state index >= 15 is 0 Å². The second-order valence-corrected chi connectivity index (χ2v) is 6.52. The van der Waals surface area contributed by atoms with Gasteiger partial charge in [-0.25, -0.2) is 9.59 Å². The van der Waals surface area contributed by atoms with E-state index < -0.39 is 12.3 Å². The molecule has 32 heavy (non-hydrogen) atoms. The zero-order chi connectivity index (χ0) is 23.3. The SMILES string of the molecule is CCOC(CN(C(=O)Nc1ccc(C#N)cc1)c1ccc(/C=C/C(=O)OC)cc1)OCC. The lowest BCUT2D eigenvalue weighted by molar-refractivity contribution is -0.134. The molecule has 2 aromatic rings. The van der Waals surface area contributed by atoms with Crippen molar-refractivity contribution in [2.24, 2.45) is 0 Å². The van der Waals surface area contributed by atoms with Gasteiger partial charge in [-0.3, -0.25) is 4.90 Å². The van der Waals surface area contributed by atoms with E-state index in [0.717, 1.165) is 5.56 Å². The molecule has 0 spiro atoms. The molecule has 168 valence electrons. The highest BCUT2D eigenvalue weighted by molar-refractivity contribution is 6.01. The Kier molecular flexibility index (Phi) is 9.91. The molecule has 0 heterocycles. The quantitative estimate of drug-likeness (QED) is 0.340. The molecule has 0 aliphatic carbocycles. The fourth-order valence-electron chi connectivity index (χ4n) is 2.80. The number of hydrogen-bond donors (Lipinski definition) is 1. The molecule has 0 aliphatic rings. The summed E-state index contributed by atoms with van der Waals surface area (Å²) in [6.45, 7) is 4.76. The van der Waals surface area contributed by atoms with Crippen molar-refractivity contribution in [3.63, 3.8) is 0 Å². The van der Waals surface area contributed by atoms with Gasteiger partial charge in [0.05, 0.1) is 25.3 Å². The number of hydrogen-bond acceptors (Lipinski definition) is 6. The van der Waals surface area contributed by atoms with Gasteiger partial charge >= 0.3 is 12.0 Å². The average molecular weight is 437 g/mol. The summed E-state index contributed by atoms with van der Waals surface area (Å²) in [6, 6.07) is 15.4. The monoisotopic (exact) mass is 437 g/mol. The fourth-order valence-corrected chi connectivity index (χ4v) is 2.80. The highest BCUT2D eigenvalue weighted by Crippen LogP contribution is 2.20. The van der Waals surface area contributed by atoms with Crippen molar-refractivity contribution in [3.05, 3.63) is 65.7 Å². The summed E-state index contributed by atoms with van der Waals surface area (Å²) in [6.07, 6.45) is 2.35. The summed E-state index contributed by atoms with van der Waals surface area (Å²) in [4.78, 5) is 25.9. The maximum absolute atomic E-state index is 13.1. The molecule has 0 bridgehead atoms.